The molecule has 282 valence electrons. The summed E-state index contributed by atoms with van der Waals surface area (Å²) in [6.07, 6.45) is 0. The van der Waals surface area contributed by atoms with Crippen LogP contribution in [0.5, 0.6) is 0 Å². The van der Waals surface area contributed by atoms with Gasteiger partial charge in [-0.25, -0.2) is 0 Å². The summed E-state index contributed by atoms with van der Waals surface area (Å²) < 4.78 is 2.47. The lowest BCUT2D eigenvalue weighted by Crippen LogP contribution is -2.11. The van der Waals surface area contributed by atoms with Crippen LogP contribution in [0.15, 0.2) is 243 Å². The molecule has 0 saturated heterocycles. The molecule has 11 aromatic rings. The van der Waals surface area contributed by atoms with Crippen molar-refractivity contribution in [2.24, 2.45) is 0 Å². The molecule has 0 fully saturated rings. The van der Waals surface area contributed by atoms with Crippen LogP contribution in [0.25, 0.3) is 82.8 Å². The van der Waals surface area contributed by atoms with E-state index < -0.39 is 0 Å². The van der Waals surface area contributed by atoms with Gasteiger partial charge in [0.15, 0.2) is 0 Å². The maximum atomic E-state index is 2.47. The number of hydrogen-bond donors (Lipinski definition) is 0. The summed E-state index contributed by atoms with van der Waals surface area (Å²) in [5.41, 5.74) is 16.2. The topological polar surface area (TPSA) is 8.17 Å². The lowest BCUT2D eigenvalue weighted by Gasteiger charge is -2.28. The number of anilines is 3. The predicted octanol–water partition coefficient (Wildman–Crippen LogP) is 16.1. The summed E-state index contributed by atoms with van der Waals surface area (Å²) in [5.74, 6) is 0. The molecule has 0 amide bonds. The van der Waals surface area contributed by atoms with Crippen LogP contribution < -0.4 is 4.90 Å². The predicted molar refractivity (Wildman–Crippen MR) is 255 cm³/mol. The van der Waals surface area contributed by atoms with E-state index in [1.54, 1.807) is 0 Å². The molecular formula is C58H40N2. The highest BCUT2D eigenvalue weighted by atomic mass is 15.1. The summed E-state index contributed by atoms with van der Waals surface area (Å²) in [5, 5.41) is 4.92. The molecule has 1 heterocycles. The highest BCUT2D eigenvalue weighted by Crippen LogP contribution is 2.45. The molecule has 11 rings (SSSR count). The van der Waals surface area contributed by atoms with E-state index in [4.69, 9.17) is 0 Å². The highest BCUT2D eigenvalue weighted by Gasteiger charge is 2.21. The Morgan fingerprint density at radius 3 is 1.58 bits per heavy atom. The SMILES string of the molecule is c1ccc(-c2ccc(-n3c4ccccc4c4ccc(N(c5ccc(-c6ccc7ccccc7c6)cc5)c5ccccc5-c5ccccc5)cc43)c(-c3ccccc3)c2)cc1. The molecule has 0 aliphatic heterocycles. The quantitative estimate of drug-likeness (QED) is 0.150. The lowest BCUT2D eigenvalue weighted by atomic mass is 9.97. The van der Waals surface area contributed by atoms with Crippen molar-refractivity contribution in [1.29, 1.82) is 0 Å². The van der Waals surface area contributed by atoms with Gasteiger partial charge in [0.25, 0.3) is 0 Å². The molecule has 0 spiro atoms. The maximum absolute atomic E-state index is 2.47. The molecule has 0 aliphatic rings. The van der Waals surface area contributed by atoms with E-state index in [-0.39, 0.29) is 0 Å². The molecule has 0 saturated carbocycles. The van der Waals surface area contributed by atoms with Gasteiger partial charge in [0.2, 0.25) is 0 Å². The van der Waals surface area contributed by atoms with Gasteiger partial charge >= 0.3 is 0 Å². The fourth-order valence-corrected chi connectivity index (χ4v) is 8.88. The van der Waals surface area contributed by atoms with E-state index in [2.05, 4.69) is 252 Å². The molecule has 2 heteroatoms. The van der Waals surface area contributed by atoms with Crippen molar-refractivity contribution in [2.75, 3.05) is 4.90 Å². The average molecular weight is 765 g/mol. The normalized spacial score (nSPS) is 11.3. The Morgan fingerprint density at radius 2 is 0.817 bits per heavy atom. The Kier molecular flexibility index (Phi) is 8.87. The van der Waals surface area contributed by atoms with Crippen molar-refractivity contribution in [1.82, 2.24) is 4.57 Å². The van der Waals surface area contributed by atoms with Crippen LogP contribution in [0.4, 0.5) is 17.1 Å². The van der Waals surface area contributed by atoms with E-state index in [1.165, 1.54) is 71.6 Å². The van der Waals surface area contributed by atoms with Gasteiger partial charge in [-0.1, -0.05) is 188 Å². The summed E-state index contributed by atoms with van der Waals surface area (Å²) in [4.78, 5) is 2.42. The van der Waals surface area contributed by atoms with Gasteiger partial charge in [-0.2, -0.15) is 0 Å². The molecule has 0 radical (unpaired) electrons. The van der Waals surface area contributed by atoms with Gasteiger partial charge in [0.1, 0.15) is 0 Å². The number of nitrogens with zero attached hydrogens (tertiary/aromatic N) is 2. The van der Waals surface area contributed by atoms with Crippen molar-refractivity contribution in [3.8, 4) is 50.2 Å². The van der Waals surface area contributed by atoms with Crippen LogP contribution in [0.2, 0.25) is 0 Å². The Bertz CT molecular complexity index is 3290. The first kappa shape index (κ1) is 35.2. The molecule has 0 N–H and O–H groups in total. The number of para-hydroxylation sites is 2. The summed E-state index contributed by atoms with van der Waals surface area (Å²) in [6.45, 7) is 0. The third kappa shape index (κ3) is 6.32. The third-order valence-corrected chi connectivity index (χ3v) is 11.8. The first-order valence-electron chi connectivity index (χ1n) is 20.6. The van der Waals surface area contributed by atoms with E-state index in [9.17, 15) is 0 Å². The minimum atomic E-state index is 1.08. The third-order valence-electron chi connectivity index (χ3n) is 11.8. The lowest BCUT2D eigenvalue weighted by molar-refractivity contribution is 1.18. The first-order valence-corrected chi connectivity index (χ1v) is 20.6. The maximum Gasteiger partial charge on any atom is 0.0562 e. The molecule has 2 nitrogen and oxygen atoms in total. The average Bonchev–Trinajstić information content (AvgIpc) is 3.66. The molecule has 0 atom stereocenters. The zero-order valence-corrected chi connectivity index (χ0v) is 33.0. The minimum absolute atomic E-state index is 1.08. The first-order chi connectivity index (χ1) is 29.8. The molecule has 1 aromatic heterocycles. The van der Waals surface area contributed by atoms with Crippen LogP contribution in [0.3, 0.4) is 0 Å². The number of aromatic nitrogens is 1. The Morgan fingerprint density at radius 1 is 0.283 bits per heavy atom. The second-order valence-corrected chi connectivity index (χ2v) is 15.3. The van der Waals surface area contributed by atoms with Crippen molar-refractivity contribution in [2.45, 2.75) is 0 Å². The Balaban J connectivity index is 1.13. The van der Waals surface area contributed by atoms with Crippen molar-refractivity contribution >= 4 is 49.6 Å². The summed E-state index contributed by atoms with van der Waals surface area (Å²) >= 11 is 0. The van der Waals surface area contributed by atoms with E-state index in [0.29, 0.717) is 0 Å². The van der Waals surface area contributed by atoms with Crippen molar-refractivity contribution < 1.29 is 0 Å². The van der Waals surface area contributed by atoms with Crippen molar-refractivity contribution in [3.63, 3.8) is 0 Å². The van der Waals surface area contributed by atoms with Crippen LogP contribution >= 0.6 is 0 Å². The molecule has 0 aliphatic carbocycles. The van der Waals surface area contributed by atoms with Gasteiger partial charge in [-0.15, -0.1) is 0 Å². The minimum Gasteiger partial charge on any atom is -0.310 e. The molecule has 60 heavy (non-hydrogen) atoms. The second-order valence-electron chi connectivity index (χ2n) is 15.3. The fourth-order valence-electron chi connectivity index (χ4n) is 8.88. The Labute approximate surface area is 350 Å². The van der Waals surface area contributed by atoms with Gasteiger partial charge in [0.05, 0.1) is 22.4 Å². The van der Waals surface area contributed by atoms with E-state index in [1.807, 2.05) is 0 Å². The second kappa shape index (κ2) is 15.1. The van der Waals surface area contributed by atoms with Crippen LogP contribution in [-0.4, -0.2) is 4.57 Å². The molecule has 10 aromatic carbocycles. The number of hydrogen-bond acceptors (Lipinski definition) is 1. The largest absolute Gasteiger partial charge is 0.310 e. The molecular weight excluding hydrogens is 725 g/mol. The van der Waals surface area contributed by atoms with Crippen LogP contribution in [-0.2, 0) is 0 Å². The van der Waals surface area contributed by atoms with Crippen LogP contribution in [0.1, 0.15) is 0 Å². The zero-order valence-electron chi connectivity index (χ0n) is 33.0. The van der Waals surface area contributed by atoms with Gasteiger partial charge in [0, 0.05) is 33.3 Å². The van der Waals surface area contributed by atoms with E-state index >= 15 is 0 Å². The number of fused-ring (bicyclic) bond motifs is 4. The monoisotopic (exact) mass is 764 g/mol. The van der Waals surface area contributed by atoms with Gasteiger partial charge < -0.3 is 9.47 Å². The number of rotatable bonds is 8. The fraction of sp³-hybridized carbons (Fsp3) is 0. The van der Waals surface area contributed by atoms with Gasteiger partial charge in [-0.3, -0.25) is 0 Å². The van der Waals surface area contributed by atoms with Crippen LogP contribution in [0, 0.1) is 0 Å². The summed E-state index contributed by atoms with van der Waals surface area (Å²) in [6, 6.07) is 88.0. The Hall–Kier alpha value is -7.94. The number of benzene rings is 10. The highest BCUT2D eigenvalue weighted by molar-refractivity contribution is 6.11. The standard InChI is InChI=1S/C58H40N2/c1-4-16-41(17-5-1)48-32-37-57(54(39-48)45-21-8-3-9-22-45)60-56-27-15-13-25-52(56)53-36-35-50(40-58(53)60)59(55-26-14-12-24-51(55)44-19-6-2-7-20-44)49-33-30-43(31-34-49)47-29-28-42-18-10-11-23-46(42)38-47/h1-40H. The smallest absolute Gasteiger partial charge is 0.0562 e. The van der Waals surface area contributed by atoms with E-state index in [0.717, 1.165) is 28.3 Å². The molecule has 0 unspecified atom stereocenters. The molecule has 0 bridgehead atoms. The summed E-state index contributed by atoms with van der Waals surface area (Å²) in [7, 11) is 0. The van der Waals surface area contributed by atoms with Crippen molar-refractivity contribution in [3.05, 3.63) is 243 Å². The zero-order chi connectivity index (χ0) is 39.8. The van der Waals surface area contributed by atoms with Gasteiger partial charge in [-0.05, 0) is 98.8 Å².